The topological polar surface area (TPSA) is 64.5 Å². The molecule has 0 amide bonds. The molecule has 11 rings (SSSR count). The minimum atomic E-state index is 0.625. The van der Waals surface area contributed by atoms with Gasteiger partial charge < -0.3 is 0 Å². The zero-order chi connectivity index (χ0) is 39.8. The van der Waals surface area contributed by atoms with Crippen molar-refractivity contribution in [2.45, 2.75) is 0 Å². The van der Waals surface area contributed by atoms with E-state index >= 15 is 0 Å². The van der Waals surface area contributed by atoms with E-state index in [2.05, 4.69) is 146 Å². The average Bonchev–Trinajstić information content (AvgIpc) is 3.34. The number of rotatable bonds is 7. The molecule has 9 aromatic carbocycles. The van der Waals surface area contributed by atoms with Crippen molar-refractivity contribution in [1.29, 1.82) is 0 Å². The molecule has 60 heavy (non-hydrogen) atoms. The number of aromatic nitrogens is 5. The third kappa shape index (κ3) is 6.54. The summed E-state index contributed by atoms with van der Waals surface area (Å²) in [5, 5.41) is 7.36. The minimum Gasteiger partial charge on any atom is -0.228 e. The van der Waals surface area contributed by atoms with Crippen molar-refractivity contribution in [3.8, 4) is 79.2 Å². The summed E-state index contributed by atoms with van der Waals surface area (Å²) in [6.07, 6.45) is 0. The van der Waals surface area contributed by atoms with E-state index in [9.17, 15) is 0 Å². The van der Waals surface area contributed by atoms with E-state index in [-0.39, 0.29) is 0 Å². The van der Waals surface area contributed by atoms with Crippen molar-refractivity contribution in [2.75, 3.05) is 0 Å². The molecule has 280 valence electrons. The van der Waals surface area contributed by atoms with Gasteiger partial charge in [-0.15, -0.1) is 0 Å². The number of fused-ring (bicyclic) bond motifs is 6. The van der Waals surface area contributed by atoms with E-state index in [0.29, 0.717) is 23.3 Å². The predicted molar refractivity (Wildman–Crippen MR) is 246 cm³/mol. The van der Waals surface area contributed by atoms with Crippen molar-refractivity contribution in [1.82, 2.24) is 24.9 Å². The maximum atomic E-state index is 5.27. The number of benzene rings is 9. The van der Waals surface area contributed by atoms with Gasteiger partial charge in [-0.25, -0.2) is 24.9 Å². The second-order valence-electron chi connectivity index (χ2n) is 14.9. The molecule has 2 aromatic heterocycles. The second-order valence-corrected chi connectivity index (χ2v) is 14.9. The molecule has 0 aliphatic rings. The van der Waals surface area contributed by atoms with Crippen LogP contribution in [0.25, 0.3) is 112 Å². The zero-order valence-electron chi connectivity index (χ0n) is 32.4. The molecule has 0 radical (unpaired) electrons. The fourth-order valence-corrected chi connectivity index (χ4v) is 8.14. The van der Waals surface area contributed by atoms with E-state index in [1.54, 1.807) is 0 Å². The molecule has 0 fully saturated rings. The molecule has 11 aromatic rings. The molecule has 0 aliphatic heterocycles. The fraction of sp³-hybridized carbons (Fsp3) is 0. The van der Waals surface area contributed by atoms with Crippen LogP contribution in [-0.4, -0.2) is 24.9 Å². The lowest BCUT2D eigenvalue weighted by molar-refractivity contribution is 1.07. The Morgan fingerprint density at radius 3 is 1.10 bits per heavy atom. The van der Waals surface area contributed by atoms with Gasteiger partial charge in [0.25, 0.3) is 0 Å². The van der Waals surface area contributed by atoms with E-state index in [1.165, 1.54) is 32.3 Å². The molecule has 0 saturated heterocycles. The van der Waals surface area contributed by atoms with Gasteiger partial charge in [0.2, 0.25) is 0 Å². The molecule has 0 bridgehead atoms. The number of hydrogen-bond donors (Lipinski definition) is 0. The summed E-state index contributed by atoms with van der Waals surface area (Å²) >= 11 is 0. The van der Waals surface area contributed by atoms with Crippen LogP contribution < -0.4 is 0 Å². The second kappa shape index (κ2) is 15.0. The summed E-state index contributed by atoms with van der Waals surface area (Å²) in [5.74, 6) is 2.59. The van der Waals surface area contributed by atoms with E-state index < -0.39 is 0 Å². The van der Waals surface area contributed by atoms with Gasteiger partial charge in [-0.05, 0) is 61.6 Å². The van der Waals surface area contributed by atoms with E-state index in [0.717, 1.165) is 55.9 Å². The van der Waals surface area contributed by atoms with Gasteiger partial charge in [0, 0.05) is 33.4 Å². The van der Waals surface area contributed by atoms with Crippen LogP contribution in [0.15, 0.2) is 212 Å². The highest BCUT2D eigenvalue weighted by atomic mass is 15.0. The first-order valence-electron chi connectivity index (χ1n) is 20.1. The van der Waals surface area contributed by atoms with Crippen LogP contribution in [0.3, 0.4) is 0 Å². The SMILES string of the molecule is c1ccc(-c2cc(-c3cccc(-c4ccc(-c5nc(-c6ccccc6)nc(-c6ccccc6)n5)cc4)c3)nc(-c3ccc4c5ccccc5c5ccccc5c4c3)n2)cc1. The Morgan fingerprint density at radius 2 is 0.550 bits per heavy atom. The highest BCUT2D eigenvalue weighted by molar-refractivity contribution is 6.25. The van der Waals surface area contributed by atoms with Crippen molar-refractivity contribution in [3.05, 3.63) is 212 Å². The highest BCUT2D eigenvalue weighted by Crippen LogP contribution is 2.38. The van der Waals surface area contributed by atoms with Crippen molar-refractivity contribution in [2.24, 2.45) is 0 Å². The summed E-state index contributed by atoms with van der Waals surface area (Å²) in [6.45, 7) is 0. The molecule has 5 heteroatoms. The van der Waals surface area contributed by atoms with Gasteiger partial charge in [-0.2, -0.15) is 0 Å². The Kier molecular flexibility index (Phi) is 8.75. The third-order valence-electron chi connectivity index (χ3n) is 11.1. The lowest BCUT2D eigenvalue weighted by Crippen LogP contribution is -2.00. The average molecular weight is 766 g/mol. The van der Waals surface area contributed by atoms with Gasteiger partial charge >= 0.3 is 0 Å². The lowest BCUT2D eigenvalue weighted by Gasteiger charge is -2.13. The molecular formula is C55H35N5. The normalized spacial score (nSPS) is 11.3. The highest BCUT2D eigenvalue weighted by Gasteiger charge is 2.16. The summed E-state index contributed by atoms with van der Waals surface area (Å²) < 4.78 is 0. The molecular weight excluding hydrogens is 731 g/mol. The Bertz CT molecular complexity index is 3260. The summed E-state index contributed by atoms with van der Waals surface area (Å²) in [7, 11) is 0. The van der Waals surface area contributed by atoms with Gasteiger partial charge in [0.15, 0.2) is 23.3 Å². The van der Waals surface area contributed by atoms with Crippen LogP contribution in [0.4, 0.5) is 0 Å². The van der Waals surface area contributed by atoms with Crippen LogP contribution in [0.5, 0.6) is 0 Å². The Morgan fingerprint density at radius 1 is 0.183 bits per heavy atom. The monoisotopic (exact) mass is 765 g/mol. The quantitative estimate of drug-likeness (QED) is 0.151. The standard InChI is InChI=1S/C55H35N5/c1-4-15-37(16-5-1)50-35-51(57-55(56-50)43-31-32-48-46-25-11-10-23-44(46)45-24-12-13-26-47(45)49(48)34-43)42-22-14-21-41(33-42)36-27-29-40(30-28-36)54-59-52(38-17-6-2-7-18-38)58-53(60-54)39-19-8-3-9-20-39/h1-35H. The van der Waals surface area contributed by atoms with Crippen LogP contribution >= 0.6 is 0 Å². The van der Waals surface area contributed by atoms with Gasteiger partial charge in [0.05, 0.1) is 11.4 Å². The van der Waals surface area contributed by atoms with Gasteiger partial charge in [-0.1, -0.05) is 194 Å². The maximum absolute atomic E-state index is 5.27. The molecule has 0 saturated carbocycles. The predicted octanol–water partition coefficient (Wildman–Crippen LogP) is 13.8. The first-order valence-corrected chi connectivity index (χ1v) is 20.1. The van der Waals surface area contributed by atoms with Gasteiger partial charge in [-0.3, -0.25) is 0 Å². The van der Waals surface area contributed by atoms with Crippen molar-refractivity contribution < 1.29 is 0 Å². The van der Waals surface area contributed by atoms with Crippen molar-refractivity contribution >= 4 is 32.3 Å². The number of hydrogen-bond acceptors (Lipinski definition) is 5. The Labute approximate surface area is 347 Å². The number of nitrogens with zero attached hydrogens (tertiary/aromatic N) is 5. The molecule has 0 N–H and O–H groups in total. The first-order chi connectivity index (χ1) is 29.7. The van der Waals surface area contributed by atoms with Crippen molar-refractivity contribution in [3.63, 3.8) is 0 Å². The lowest BCUT2D eigenvalue weighted by atomic mass is 9.93. The molecule has 0 unspecified atom stereocenters. The van der Waals surface area contributed by atoms with Crippen LogP contribution in [0.2, 0.25) is 0 Å². The Balaban J connectivity index is 0.987. The van der Waals surface area contributed by atoms with Crippen LogP contribution in [0, 0.1) is 0 Å². The maximum Gasteiger partial charge on any atom is 0.164 e. The fourth-order valence-electron chi connectivity index (χ4n) is 8.14. The van der Waals surface area contributed by atoms with E-state index in [1.807, 2.05) is 66.7 Å². The van der Waals surface area contributed by atoms with Crippen LogP contribution in [-0.2, 0) is 0 Å². The third-order valence-corrected chi connectivity index (χ3v) is 11.1. The summed E-state index contributed by atoms with van der Waals surface area (Å²) in [5.41, 5.74) is 9.69. The zero-order valence-corrected chi connectivity index (χ0v) is 32.4. The minimum absolute atomic E-state index is 0.625. The Hall–Kier alpha value is -8.15. The molecule has 0 spiro atoms. The summed E-state index contributed by atoms with van der Waals surface area (Å²) in [4.78, 5) is 25.2. The molecule has 5 nitrogen and oxygen atoms in total. The largest absolute Gasteiger partial charge is 0.228 e. The molecule has 0 aliphatic carbocycles. The smallest absolute Gasteiger partial charge is 0.164 e. The summed E-state index contributed by atoms with van der Waals surface area (Å²) in [6, 6.07) is 73.5. The van der Waals surface area contributed by atoms with E-state index in [4.69, 9.17) is 24.9 Å². The van der Waals surface area contributed by atoms with Crippen LogP contribution in [0.1, 0.15) is 0 Å². The molecule has 2 heterocycles. The van der Waals surface area contributed by atoms with Gasteiger partial charge in [0.1, 0.15) is 0 Å². The molecule has 0 atom stereocenters. The first kappa shape index (κ1) is 35.0.